The van der Waals surface area contributed by atoms with Gasteiger partial charge in [-0.2, -0.15) is 10.1 Å². The summed E-state index contributed by atoms with van der Waals surface area (Å²) in [5.74, 6) is -0.340. The number of methoxy groups -OCH3 is 1. The Hall–Kier alpha value is -2.85. The van der Waals surface area contributed by atoms with Gasteiger partial charge in [-0.3, -0.25) is 4.79 Å². The van der Waals surface area contributed by atoms with Gasteiger partial charge in [0.2, 0.25) is 5.72 Å². The molecule has 1 atom stereocenters. The summed E-state index contributed by atoms with van der Waals surface area (Å²) in [5, 5.41) is 14.0. The predicted molar refractivity (Wildman–Crippen MR) is 109 cm³/mol. The Morgan fingerprint density at radius 2 is 1.97 bits per heavy atom. The highest BCUT2D eigenvalue weighted by atomic mass is 35.5. The first-order valence-corrected chi connectivity index (χ1v) is 9.71. The molecular formula is C21H19ClF4N2O4. The van der Waals surface area contributed by atoms with Crippen molar-refractivity contribution >= 4 is 23.2 Å². The molecule has 0 radical (unpaired) electrons. The van der Waals surface area contributed by atoms with Crippen LogP contribution >= 0.6 is 11.6 Å². The Kier molecular flexibility index (Phi) is 6.94. The van der Waals surface area contributed by atoms with E-state index in [0.717, 1.165) is 5.56 Å². The lowest BCUT2D eigenvalue weighted by Gasteiger charge is -2.30. The van der Waals surface area contributed by atoms with Crippen LogP contribution in [-0.4, -0.2) is 47.4 Å². The Bertz CT molecular complexity index is 1050. The van der Waals surface area contributed by atoms with E-state index in [1.807, 2.05) is 0 Å². The number of rotatable bonds is 7. The zero-order valence-electron chi connectivity index (χ0n) is 17.0. The van der Waals surface area contributed by atoms with E-state index in [1.165, 1.54) is 25.3 Å². The summed E-state index contributed by atoms with van der Waals surface area (Å²) < 4.78 is 63.8. The lowest BCUT2D eigenvalue weighted by Crippen LogP contribution is -2.51. The van der Waals surface area contributed by atoms with E-state index in [0.29, 0.717) is 22.1 Å². The first-order chi connectivity index (χ1) is 15.1. The van der Waals surface area contributed by atoms with Crippen LogP contribution in [0.25, 0.3) is 0 Å². The molecule has 0 aliphatic carbocycles. The monoisotopic (exact) mass is 474 g/mol. The van der Waals surface area contributed by atoms with Crippen LogP contribution in [0.1, 0.15) is 27.9 Å². The molecule has 11 heteroatoms. The van der Waals surface area contributed by atoms with Gasteiger partial charge < -0.3 is 14.6 Å². The number of ether oxygens (including phenoxy) is 2. The molecule has 1 aliphatic rings. The first-order valence-electron chi connectivity index (χ1n) is 9.33. The van der Waals surface area contributed by atoms with Crippen molar-refractivity contribution in [2.45, 2.75) is 38.5 Å². The molecule has 0 unspecified atom stereocenters. The van der Waals surface area contributed by atoms with Gasteiger partial charge in [0.25, 0.3) is 18.8 Å². The molecule has 6 nitrogen and oxygen atoms in total. The molecular weight excluding hydrogens is 456 g/mol. The van der Waals surface area contributed by atoms with Gasteiger partial charge in [-0.15, -0.1) is 0 Å². The largest absolute Gasteiger partial charge is 0.496 e. The van der Waals surface area contributed by atoms with E-state index < -0.39 is 36.6 Å². The third-order valence-corrected chi connectivity index (χ3v) is 5.31. The van der Waals surface area contributed by atoms with Crippen molar-refractivity contribution in [3.8, 4) is 11.5 Å². The standard InChI is InChI=1S/C21H19ClF4N2O4/c1-11-7-14(4-5-15(11)22)32-10-13-8-12(3-6-17(13)31-2)19(29)28-21(30,20(25)26)9-16(27-28)18(23)24/h3-8,18,20,30H,9-10H2,1-2H3/t21-/m1/s1. The number of amides is 1. The van der Waals surface area contributed by atoms with E-state index in [2.05, 4.69) is 5.10 Å². The molecule has 1 heterocycles. The van der Waals surface area contributed by atoms with E-state index in [-0.39, 0.29) is 17.2 Å². The van der Waals surface area contributed by atoms with Crippen LogP contribution in [0.3, 0.4) is 0 Å². The number of hydrogen-bond donors (Lipinski definition) is 1. The fraction of sp³-hybridized carbons (Fsp3) is 0.333. The number of nitrogens with zero attached hydrogens (tertiary/aromatic N) is 2. The minimum Gasteiger partial charge on any atom is -0.496 e. The molecule has 3 rings (SSSR count). The Morgan fingerprint density at radius 3 is 2.56 bits per heavy atom. The molecule has 0 aromatic heterocycles. The zero-order chi connectivity index (χ0) is 23.6. The molecule has 172 valence electrons. The third-order valence-electron chi connectivity index (χ3n) is 4.88. The van der Waals surface area contributed by atoms with Gasteiger partial charge in [0.15, 0.2) is 0 Å². The summed E-state index contributed by atoms with van der Waals surface area (Å²) in [6.07, 6.45) is -7.86. The maximum absolute atomic E-state index is 13.4. The highest BCUT2D eigenvalue weighted by Gasteiger charge is 2.53. The SMILES string of the molecule is COc1ccc(C(=O)N2N=C(C(F)F)C[C@@]2(O)C(F)F)cc1COc1ccc(Cl)c(C)c1. The maximum Gasteiger partial charge on any atom is 0.287 e. The average molecular weight is 475 g/mol. The highest BCUT2D eigenvalue weighted by molar-refractivity contribution is 6.31. The molecule has 1 aliphatic heterocycles. The van der Waals surface area contributed by atoms with Crippen molar-refractivity contribution in [1.29, 1.82) is 0 Å². The molecule has 1 amide bonds. The maximum atomic E-state index is 13.4. The number of halogens is 5. The number of aryl methyl sites for hydroxylation is 1. The molecule has 0 saturated heterocycles. The predicted octanol–water partition coefficient (Wildman–Crippen LogP) is 4.66. The summed E-state index contributed by atoms with van der Waals surface area (Å²) in [6, 6.07) is 8.95. The summed E-state index contributed by atoms with van der Waals surface area (Å²) in [5.41, 5.74) is -3.18. The van der Waals surface area contributed by atoms with Crippen LogP contribution in [-0.2, 0) is 6.61 Å². The van der Waals surface area contributed by atoms with Gasteiger partial charge in [0, 0.05) is 22.6 Å². The van der Waals surface area contributed by atoms with Gasteiger partial charge in [-0.1, -0.05) is 11.6 Å². The molecule has 0 bridgehead atoms. The van der Waals surface area contributed by atoms with Gasteiger partial charge in [0.1, 0.15) is 23.8 Å². The van der Waals surface area contributed by atoms with Crippen LogP contribution in [0, 0.1) is 6.92 Å². The summed E-state index contributed by atoms with van der Waals surface area (Å²) in [4.78, 5) is 12.8. The van der Waals surface area contributed by atoms with Gasteiger partial charge in [-0.05, 0) is 48.9 Å². The van der Waals surface area contributed by atoms with Gasteiger partial charge in [-0.25, -0.2) is 17.6 Å². The Morgan fingerprint density at radius 1 is 1.25 bits per heavy atom. The van der Waals surface area contributed by atoms with Crippen LogP contribution in [0.4, 0.5) is 17.6 Å². The van der Waals surface area contributed by atoms with Gasteiger partial charge >= 0.3 is 0 Å². The summed E-state index contributed by atoms with van der Waals surface area (Å²) >= 11 is 5.99. The molecule has 0 spiro atoms. The van der Waals surface area contributed by atoms with E-state index in [1.54, 1.807) is 25.1 Å². The van der Waals surface area contributed by atoms with Crippen molar-refractivity contribution in [2.75, 3.05) is 7.11 Å². The second-order valence-electron chi connectivity index (χ2n) is 7.09. The molecule has 2 aromatic carbocycles. The summed E-state index contributed by atoms with van der Waals surface area (Å²) in [7, 11) is 1.39. The highest BCUT2D eigenvalue weighted by Crippen LogP contribution is 2.35. The number of hydrogen-bond acceptors (Lipinski definition) is 5. The molecule has 0 saturated carbocycles. The van der Waals surface area contributed by atoms with Crippen molar-refractivity contribution in [3.63, 3.8) is 0 Å². The minimum absolute atomic E-state index is 0.00810. The molecule has 1 N–H and O–H groups in total. The lowest BCUT2D eigenvalue weighted by atomic mass is 10.1. The first kappa shape index (κ1) is 23.8. The number of carbonyl (C=O) groups excluding carboxylic acids is 1. The second-order valence-corrected chi connectivity index (χ2v) is 7.50. The smallest absolute Gasteiger partial charge is 0.287 e. The third kappa shape index (κ3) is 4.66. The van der Waals surface area contributed by atoms with Gasteiger partial charge in [0.05, 0.1) is 7.11 Å². The number of hydrazone groups is 1. The molecule has 0 fully saturated rings. The van der Waals surface area contributed by atoms with E-state index >= 15 is 0 Å². The average Bonchev–Trinajstić information content (AvgIpc) is 3.13. The normalized spacial score (nSPS) is 18.3. The Labute approximate surface area is 186 Å². The number of aliphatic hydroxyl groups is 1. The van der Waals surface area contributed by atoms with Crippen molar-refractivity contribution < 1.29 is 36.9 Å². The lowest BCUT2D eigenvalue weighted by molar-refractivity contribution is -0.164. The topological polar surface area (TPSA) is 71.4 Å². The summed E-state index contributed by atoms with van der Waals surface area (Å²) in [6.45, 7) is 1.74. The van der Waals surface area contributed by atoms with Crippen LogP contribution in [0.15, 0.2) is 41.5 Å². The Balaban J connectivity index is 1.89. The molecule has 32 heavy (non-hydrogen) atoms. The van der Waals surface area contributed by atoms with E-state index in [9.17, 15) is 27.5 Å². The van der Waals surface area contributed by atoms with Crippen molar-refractivity contribution in [3.05, 3.63) is 58.1 Å². The fourth-order valence-electron chi connectivity index (χ4n) is 3.12. The number of alkyl halides is 4. The minimum atomic E-state index is -3.51. The van der Waals surface area contributed by atoms with Crippen molar-refractivity contribution in [1.82, 2.24) is 5.01 Å². The molecule has 2 aromatic rings. The number of carbonyl (C=O) groups is 1. The van der Waals surface area contributed by atoms with E-state index in [4.69, 9.17) is 21.1 Å². The zero-order valence-corrected chi connectivity index (χ0v) is 17.7. The second kappa shape index (κ2) is 9.33. The quantitative estimate of drug-likeness (QED) is 0.593. The van der Waals surface area contributed by atoms with Crippen LogP contribution in [0.5, 0.6) is 11.5 Å². The number of benzene rings is 2. The van der Waals surface area contributed by atoms with Crippen LogP contribution in [0.2, 0.25) is 5.02 Å². The fourth-order valence-corrected chi connectivity index (χ4v) is 3.24. The van der Waals surface area contributed by atoms with Crippen LogP contribution < -0.4 is 9.47 Å². The van der Waals surface area contributed by atoms with Crippen molar-refractivity contribution in [2.24, 2.45) is 5.10 Å².